The number of halogens is 1. The second-order valence-electron chi connectivity index (χ2n) is 6.99. The number of hydrogen-bond acceptors (Lipinski definition) is 3. The maximum atomic E-state index is 13.1. The topological polar surface area (TPSA) is 62.3 Å². The van der Waals surface area contributed by atoms with Gasteiger partial charge in [0.25, 0.3) is 0 Å². The third-order valence-corrected chi connectivity index (χ3v) is 5.42. The highest BCUT2D eigenvalue weighted by atomic mass is 35.5. The third kappa shape index (κ3) is 4.15. The molecule has 3 aromatic rings. The molecule has 2 atom stereocenters. The summed E-state index contributed by atoms with van der Waals surface area (Å²) in [6.45, 7) is 0.312. The molecular weight excluding hydrogens is 386 g/mol. The van der Waals surface area contributed by atoms with Crippen molar-refractivity contribution in [2.75, 3.05) is 11.4 Å². The molecule has 0 bridgehead atoms. The van der Waals surface area contributed by atoms with Crippen LogP contribution < -0.4 is 10.2 Å². The van der Waals surface area contributed by atoms with Gasteiger partial charge in [-0.3, -0.25) is 14.6 Å². The first-order valence-corrected chi connectivity index (χ1v) is 9.81. The number of nitrogens with one attached hydrogen (secondary N) is 1. The van der Waals surface area contributed by atoms with E-state index in [-0.39, 0.29) is 24.3 Å². The van der Waals surface area contributed by atoms with E-state index in [4.69, 9.17) is 11.6 Å². The van der Waals surface area contributed by atoms with Crippen molar-refractivity contribution in [1.82, 2.24) is 10.3 Å². The van der Waals surface area contributed by atoms with Crippen molar-refractivity contribution in [2.24, 2.45) is 5.92 Å². The smallest absolute Gasteiger partial charge is 0.227 e. The average Bonchev–Trinajstić information content (AvgIpc) is 3.15. The van der Waals surface area contributed by atoms with Gasteiger partial charge >= 0.3 is 0 Å². The molecule has 0 aliphatic carbocycles. The van der Waals surface area contributed by atoms with Crippen molar-refractivity contribution in [3.8, 4) is 0 Å². The van der Waals surface area contributed by atoms with Gasteiger partial charge in [-0.05, 0) is 35.4 Å². The number of aromatic nitrogens is 1. The Labute approximate surface area is 174 Å². The van der Waals surface area contributed by atoms with Crippen LogP contribution in [0.25, 0.3) is 0 Å². The normalized spacial score (nSPS) is 17.2. The van der Waals surface area contributed by atoms with Crippen molar-refractivity contribution in [3.05, 3.63) is 95.3 Å². The van der Waals surface area contributed by atoms with Crippen molar-refractivity contribution < 1.29 is 9.59 Å². The summed E-state index contributed by atoms with van der Waals surface area (Å²) < 4.78 is 0. The minimum atomic E-state index is -0.438. The summed E-state index contributed by atoms with van der Waals surface area (Å²) in [4.78, 5) is 31.3. The lowest BCUT2D eigenvalue weighted by Gasteiger charge is -2.22. The number of para-hydroxylation sites is 1. The zero-order valence-electron chi connectivity index (χ0n) is 15.7. The second-order valence-corrected chi connectivity index (χ2v) is 7.40. The average molecular weight is 406 g/mol. The van der Waals surface area contributed by atoms with Crippen LogP contribution in [0.5, 0.6) is 0 Å². The van der Waals surface area contributed by atoms with E-state index < -0.39 is 5.92 Å². The van der Waals surface area contributed by atoms with Gasteiger partial charge < -0.3 is 10.2 Å². The summed E-state index contributed by atoms with van der Waals surface area (Å²) in [7, 11) is 0. The predicted octanol–water partition coefficient (Wildman–Crippen LogP) is 3.99. The van der Waals surface area contributed by atoms with E-state index in [2.05, 4.69) is 10.3 Å². The van der Waals surface area contributed by atoms with E-state index in [9.17, 15) is 9.59 Å². The molecule has 0 radical (unpaired) electrons. The first kappa shape index (κ1) is 19.2. The number of carbonyl (C=O) groups is 2. The molecule has 1 N–H and O–H groups in total. The molecule has 0 saturated carbocycles. The van der Waals surface area contributed by atoms with Crippen molar-refractivity contribution in [1.29, 1.82) is 0 Å². The highest BCUT2D eigenvalue weighted by molar-refractivity contribution is 6.33. The van der Waals surface area contributed by atoms with E-state index in [1.54, 1.807) is 29.4 Å². The lowest BCUT2D eigenvalue weighted by Crippen LogP contribution is -2.36. The molecule has 1 aliphatic heterocycles. The van der Waals surface area contributed by atoms with Crippen molar-refractivity contribution in [2.45, 2.75) is 12.5 Å². The molecule has 4 rings (SSSR count). The Bertz CT molecular complexity index is 971. The SMILES string of the molecule is O=C(NC(c1ccccc1)c1ccncc1)C1CC(=O)N(c2ccccc2Cl)C1. The first-order valence-electron chi connectivity index (χ1n) is 9.43. The molecule has 2 aromatic carbocycles. The number of nitrogens with zero attached hydrogens (tertiary/aromatic N) is 2. The highest BCUT2D eigenvalue weighted by Crippen LogP contribution is 2.31. The van der Waals surface area contributed by atoms with Crippen LogP contribution in [0, 0.1) is 5.92 Å². The van der Waals surface area contributed by atoms with Crippen LogP contribution in [0.1, 0.15) is 23.6 Å². The van der Waals surface area contributed by atoms with Gasteiger partial charge in [0, 0.05) is 25.4 Å². The summed E-state index contributed by atoms with van der Waals surface area (Å²) in [5.74, 6) is -0.691. The molecule has 1 aromatic heterocycles. The van der Waals surface area contributed by atoms with E-state index in [0.717, 1.165) is 11.1 Å². The predicted molar refractivity (Wildman–Crippen MR) is 113 cm³/mol. The van der Waals surface area contributed by atoms with Crippen LogP contribution in [0.3, 0.4) is 0 Å². The summed E-state index contributed by atoms with van der Waals surface area (Å²) in [5, 5.41) is 3.62. The molecule has 2 heterocycles. The van der Waals surface area contributed by atoms with Gasteiger partial charge in [0.1, 0.15) is 0 Å². The Morgan fingerprint density at radius 3 is 2.38 bits per heavy atom. The Morgan fingerprint density at radius 2 is 1.66 bits per heavy atom. The standard InChI is InChI=1S/C23H20ClN3O2/c24-19-8-4-5-9-20(19)27-15-18(14-21(27)28)23(29)26-22(16-6-2-1-3-7-16)17-10-12-25-13-11-17/h1-13,18,22H,14-15H2,(H,26,29). The summed E-state index contributed by atoms with van der Waals surface area (Å²) >= 11 is 6.24. The van der Waals surface area contributed by atoms with Crippen molar-refractivity contribution in [3.63, 3.8) is 0 Å². The lowest BCUT2D eigenvalue weighted by atomic mass is 9.98. The van der Waals surface area contributed by atoms with Crippen LogP contribution in [-0.4, -0.2) is 23.3 Å². The number of rotatable bonds is 5. The Morgan fingerprint density at radius 1 is 1.00 bits per heavy atom. The largest absolute Gasteiger partial charge is 0.345 e. The van der Waals surface area contributed by atoms with Gasteiger partial charge in [-0.1, -0.05) is 54.1 Å². The molecule has 1 aliphatic rings. The van der Waals surface area contributed by atoms with Gasteiger partial charge in [0.15, 0.2) is 0 Å². The summed E-state index contributed by atoms with van der Waals surface area (Å²) in [5.41, 5.74) is 2.55. The van der Waals surface area contributed by atoms with Gasteiger partial charge in [-0.15, -0.1) is 0 Å². The zero-order chi connectivity index (χ0) is 20.2. The fourth-order valence-corrected chi connectivity index (χ4v) is 3.85. The van der Waals surface area contributed by atoms with Gasteiger partial charge in [-0.2, -0.15) is 0 Å². The van der Waals surface area contributed by atoms with Gasteiger partial charge in [0.05, 0.1) is 22.7 Å². The minimum Gasteiger partial charge on any atom is -0.345 e. The second kappa shape index (κ2) is 8.45. The Kier molecular flexibility index (Phi) is 5.58. The van der Waals surface area contributed by atoms with Crippen molar-refractivity contribution >= 4 is 29.1 Å². The lowest BCUT2D eigenvalue weighted by molar-refractivity contribution is -0.126. The first-order chi connectivity index (χ1) is 14.1. The van der Waals surface area contributed by atoms with Crippen LogP contribution in [-0.2, 0) is 9.59 Å². The van der Waals surface area contributed by atoms with Crippen LogP contribution in [0.15, 0.2) is 79.1 Å². The van der Waals surface area contributed by atoms with Crippen LogP contribution >= 0.6 is 11.6 Å². The third-order valence-electron chi connectivity index (χ3n) is 5.10. The molecule has 6 heteroatoms. The zero-order valence-corrected chi connectivity index (χ0v) is 16.4. The monoisotopic (exact) mass is 405 g/mol. The Balaban J connectivity index is 1.54. The molecule has 1 fully saturated rings. The number of benzene rings is 2. The van der Waals surface area contributed by atoms with E-state index in [1.165, 1.54) is 0 Å². The molecular formula is C23H20ClN3O2. The van der Waals surface area contributed by atoms with Crippen LogP contribution in [0.4, 0.5) is 5.69 Å². The van der Waals surface area contributed by atoms with Gasteiger partial charge in [-0.25, -0.2) is 0 Å². The number of hydrogen-bond donors (Lipinski definition) is 1. The highest BCUT2D eigenvalue weighted by Gasteiger charge is 2.36. The van der Waals surface area contributed by atoms with Gasteiger partial charge in [0.2, 0.25) is 11.8 Å². The van der Waals surface area contributed by atoms with Crippen LogP contribution in [0.2, 0.25) is 5.02 Å². The number of carbonyl (C=O) groups excluding carboxylic acids is 2. The summed E-state index contributed by atoms with van der Waals surface area (Å²) in [6, 6.07) is 20.4. The number of pyridine rings is 1. The van der Waals surface area contributed by atoms with E-state index in [0.29, 0.717) is 17.3 Å². The number of amides is 2. The van der Waals surface area contributed by atoms with E-state index >= 15 is 0 Å². The maximum Gasteiger partial charge on any atom is 0.227 e. The minimum absolute atomic E-state index is 0.0987. The number of anilines is 1. The molecule has 1 saturated heterocycles. The van der Waals surface area contributed by atoms with E-state index in [1.807, 2.05) is 54.6 Å². The molecule has 0 spiro atoms. The molecule has 2 unspecified atom stereocenters. The molecule has 146 valence electrons. The summed E-state index contributed by atoms with van der Waals surface area (Å²) in [6.07, 6.45) is 3.57. The quantitative estimate of drug-likeness (QED) is 0.698. The molecule has 5 nitrogen and oxygen atoms in total. The Hall–Kier alpha value is -3.18. The fraction of sp³-hybridized carbons (Fsp3) is 0.174. The molecule has 29 heavy (non-hydrogen) atoms. The maximum absolute atomic E-state index is 13.1. The molecule has 2 amide bonds. The fourth-order valence-electron chi connectivity index (χ4n) is 3.61.